The molecular weight excluding hydrogens is 484 g/mol. The molecule has 0 aliphatic rings. The van der Waals surface area contributed by atoms with Gasteiger partial charge in [0.15, 0.2) is 6.10 Å². The summed E-state index contributed by atoms with van der Waals surface area (Å²) in [4.78, 5) is 13.2. The van der Waals surface area contributed by atoms with E-state index in [9.17, 15) is 15.0 Å². The Hall–Kier alpha value is -1.39. The van der Waals surface area contributed by atoms with Gasteiger partial charge in [-0.2, -0.15) is 0 Å². The minimum absolute atomic E-state index is 0.532. The highest BCUT2D eigenvalue weighted by Crippen LogP contribution is 2.49. The van der Waals surface area contributed by atoms with Crippen LogP contribution in [0.15, 0.2) is 30.3 Å². The Balaban J connectivity index is 2.60. The van der Waals surface area contributed by atoms with Crippen LogP contribution in [-0.2, 0) is 14.9 Å². The van der Waals surface area contributed by atoms with Gasteiger partial charge in [-0.15, -0.1) is 0 Å². The molecule has 0 saturated heterocycles. The summed E-state index contributed by atoms with van der Waals surface area (Å²) >= 11 is 0. The quantitative estimate of drug-likeness (QED) is 0.126. The van der Waals surface area contributed by atoms with Gasteiger partial charge in [-0.25, -0.2) is 4.79 Å². The van der Waals surface area contributed by atoms with Crippen LogP contribution in [0.3, 0.4) is 0 Å². The SMILES string of the molecule is CCCCCCCCCCCCCCCCCC(O)C(c1ccccc1)(C(O)C(=O)OC(C)(C)C)C(C)(C)C. The first-order valence-corrected chi connectivity index (χ1v) is 16.0. The molecule has 0 spiro atoms. The Kier molecular flexibility index (Phi) is 16.6. The van der Waals surface area contributed by atoms with E-state index in [1.54, 1.807) is 20.8 Å². The van der Waals surface area contributed by atoms with E-state index in [-0.39, 0.29) is 0 Å². The zero-order valence-electron chi connectivity index (χ0n) is 26.6. The largest absolute Gasteiger partial charge is 0.458 e. The molecule has 1 aromatic rings. The second kappa shape index (κ2) is 18.1. The van der Waals surface area contributed by atoms with Crippen molar-refractivity contribution in [1.82, 2.24) is 0 Å². The monoisotopic (exact) mass is 546 g/mol. The van der Waals surface area contributed by atoms with Gasteiger partial charge in [0.1, 0.15) is 5.60 Å². The standard InChI is InChI=1S/C35H62O4/c1-8-9-10-11-12-13-14-15-16-17-18-19-20-21-25-28-30(36)35(33(2,3)4,29-26-23-22-24-27-29)31(37)32(38)39-34(5,6)7/h22-24,26-27,30-31,36-37H,8-21,25,28H2,1-7H3. The van der Waals surface area contributed by atoms with Crippen LogP contribution in [0.1, 0.15) is 157 Å². The van der Waals surface area contributed by atoms with E-state index in [0.717, 1.165) is 24.8 Å². The van der Waals surface area contributed by atoms with E-state index < -0.39 is 34.6 Å². The van der Waals surface area contributed by atoms with Crippen molar-refractivity contribution >= 4 is 5.97 Å². The zero-order valence-corrected chi connectivity index (χ0v) is 26.6. The minimum atomic E-state index is -1.48. The Labute approximate surface area is 241 Å². The summed E-state index contributed by atoms with van der Waals surface area (Å²) in [6.45, 7) is 13.6. The molecule has 0 bridgehead atoms. The number of rotatable bonds is 20. The highest BCUT2D eigenvalue weighted by molar-refractivity contribution is 5.78. The lowest BCUT2D eigenvalue weighted by Crippen LogP contribution is -2.61. The molecule has 0 aromatic heterocycles. The van der Waals surface area contributed by atoms with E-state index in [1.807, 2.05) is 51.1 Å². The van der Waals surface area contributed by atoms with E-state index in [0.29, 0.717) is 6.42 Å². The highest BCUT2D eigenvalue weighted by atomic mass is 16.6. The summed E-state index contributed by atoms with van der Waals surface area (Å²) in [5, 5.41) is 23.2. The molecule has 39 heavy (non-hydrogen) atoms. The fraction of sp³-hybridized carbons (Fsp3) is 0.800. The first-order valence-electron chi connectivity index (χ1n) is 16.0. The first-order chi connectivity index (χ1) is 18.4. The molecule has 4 heteroatoms. The lowest BCUT2D eigenvalue weighted by atomic mass is 9.56. The number of aliphatic hydroxyl groups excluding tert-OH is 2. The zero-order chi connectivity index (χ0) is 29.4. The van der Waals surface area contributed by atoms with Gasteiger partial charge in [0.2, 0.25) is 0 Å². The van der Waals surface area contributed by atoms with Crippen molar-refractivity contribution in [3.63, 3.8) is 0 Å². The Morgan fingerprint density at radius 2 is 1.10 bits per heavy atom. The second-order valence-electron chi connectivity index (χ2n) is 13.7. The van der Waals surface area contributed by atoms with E-state index in [4.69, 9.17) is 4.74 Å². The Morgan fingerprint density at radius 1 is 0.692 bits per heavy atom. The Bertz CT molecular complexity index is 761. The average molecular weight is 547 g/mol. The predicted octanol–water partition coefficient (Wildman–Crippen LogP) is 9.30. The number of hydrogen-bond donors (Lipinski definition) is 2. The van der Waals surface area contributed by atoms with Gasteiger partial charge >= 0.3 is 5.97 Å². The van der Waals surface area contributed by atoms with Gasteiger partial charge < -0.3 is 14.9 Å². The molecule has 1 rings (SSSR count). The van der Waals surface area contributed by atoms with Gasteiger partial charge in [-0.3, -0.25) is 0 Å². The van der Waals surface area contributed by atoms with Crippen LogP contribution in [-0.4, -0.2) is 34.0 Å². The molecule has 3 atom stereocenters. The number of unbranched alkanes of at least 4 members (excludes halogenated alkanes) is 14. The minimum Gasteiger partial charge on any atom is -0.458 e. The maximum Gasteiger partial charge on any atom is 0.336 e. The van der Waals surface area contributed by atoms with Gasteiger partial charge in [0, 0.05) is 0 Å². The number of carbonyl (C=O) groups is 1. The third kappa shape index (κ3) is 12.3. The van der Waals surface area contributed by atoms with Crippen molar-refractivity contribution < 1.29 is 19.7 Å². The number of esters is 1. The van der Waals surface area contributed by atoms with Crippen LogP contribution in [0.25, 0.3) is 0 Å². The third-order valence-electron chi connectivity index (χ3n) is 8.16. The predicted molar refractivity (Wildman–Crippen MR) is 165 cm³/mol. The van der Waals surface area contributed by atoms with Crippen molar-refractivity contribution in [2.45, 2.75) is 174 Å². The normalized spacial score (nSPS) is 15.5. The lowest BCUT2D eigenvalue weighted by molar-refractivity contribution is -0.179. The van der Waals surface area contributed by atoms with Crippen molar-refractivity contribution in [1.29, 1.82) is 0 Å². The number of carbonyl (C=O) groups excluding carboxylic acids is 1. The molecule has 0 fully saturated rings. The van der Waals surface area contributed by atoms with Crippen molar-refractivity contribution in [2.75, 3.05) is 0 Å². The Morgan fingerprint density at radius 3 is 1.49 bits per heavy atom. The first kappa shape index (κ1) is 35.6. The molecule has 2 N–H and O–H groups in total. The van der Waals surface area contributed by atoms with Crippen LogP contribution in [0.4, 0.5) is 0 Å². The average Bonchev–Trinajstić information content (AvgIpc) is 2.85. The molecule has 0 aliphatic heterocycles. The molecule has 0 amide bonds. The molecule has 4 nitrogen and oxygen atoms in total. The van der Waals surface area contributed by atoms with Crippen molar-refractivity contribution in [2.24, 2.45) is 5.41 Å². The molecule has 0 heterocycles. The fourth-order valence-corrected chi connectivity index (χ4v) is 6.07. The van der Waals surface area contributed by atoms with E-state index >= 15 is 0 Å². The smallest absolute Gasteiger partial charge is 0.336 e. The van der Waals surface area contributed by atoms with Gasteiger partial charge in [0.05, 0.1) is 11.5 Å². The number of benzene rings is 1. The van der Waals surface area contributed by atoms with Gasteiger partial charge in [-0.1, -0.05) is 154 Å². The number of ether oxygens (including phenoxy) is 1. The third-order valence-corrected chi connectivity index (χ3v) is 8.16. The maximum absolute atomic E-state index is 13.2. The summed E-state index contributed by atoms with van der Waals surface area (Å²) in [7, 11) is 0. The van der Waals surface area contributed by atoms with Gasteiger partial charge in [0.25, 0.3) is 0 Å². The molecule has 0 radical (unpaired) electrons. The van der Waals surface area contributed by atoms with Crippen molar-refractivity contribution in [3.05, 3.63) is 35.9 Å². The second-order valence-corrected chi connectivity index (χ2v) is 13.7. The lowest BCUT2D eigenvalue weighted by Gasteiger charge is -2.50. The van der Waals surface area contributed by atoms with Crippen LogP contribution < -0.4 is 0 Å². The van der Waals surface area contributed by atoms with Crippen molar-refractivity contribution in [3.8, 4) is 0 Å². The van der Waals surface area contributed by atoms with Gasteiger partial charge in [-0.05, 0) is 38.2 Å². The van der Waals surface area contributed by atoms with E-state index in [2.05, 4.69) is 6.92 Å². The van der Waals surface area contributed by atoms with Crippen LogP contribution in [0, 0.1) is 5.41 Å². The molecule has 0 saturated carbocycles. The summed E-state index contributed by atoms with van der Waals surface area (Å²) in [6.07, 6.45) is 17.5. The summed E-state index contributed by atoms with van der Waals surface area (Å²) in [5.41, 5.74) is -1.74. The summed E-state index contributed by atoms with van der Waals surface area (Å²) < 4.78 is 5.60. The number of hydrogen-bond acceptors (Lipinski definition) is 4. The molecule has 3 unspecified atom stereocenters. The summed E-state index contributed by atoms with van der Waals surface area (Å²) in [6, 6.07) is 9.54. The maximum atomic E-state index is 13.2. The number of aliphatic hydroxyl groups is 2. The van der Waals surface area contributed by atoms with E-state index in [1.165, 1.54) is 77.0 Å². The van der Waals surface area contributed by atoms with Crippen LogP contribution in [0.2, 0.25) is 0 Å². The van der Waals surface area contributed by atoms with Crippen LogP contribution >= 0.6 is 0 Å². The topological polar surface area (TPSA) is 66.8 Å². The van der Waals surface area contributed by atoms with Crippen LogP contribution in [0.5, 0.6) is 0 Å². The fourth-order valence-electron chi connectivity index (χ4n) is 6.07. The highest BCUT2D eigenvalue weighted by Gasteiger charge is 2.57. The molecule has 0 aliphatic carbocycles. The summed E-state index contributed by atoms with van der Waals surface area (Å²) in [5.74, 6) is -0.683. The molecule has 226 valence electrons. The molecule has 1 aromatic carbocycles. The molecular formula is C35H62O4.